The first-order valence-corrected chi connectivity index (χ1v) is 5.67. The second-order valence-electron chi connectivity index (χ2n) is 2.19. The Morgan fingerprint density at radius 1 is 1.77 bits per heavy atom. The summed E-state index contributed by atoms with van der Waals surface area (Å²) >= 11 is 3.51. The molecule has 1 heterocycles. The summed E-state index contributed by atoms with van der Waals surface area (Å²) in [6, 6.07) is 0. The van der Waals surface area contributed by atoms with Crippen LogP contribution in [0.4, 0.5) is 0 Å². The number of ether oxygens (including phenoxy) is 1. The van der Waals surface area contributed by atoms with Gasteiger partial charge in [0.05, 0.1) is 12.9 Å². The quantitative estimate of drug-likeness (QED) is 0.392. The number of nitrogens with zero attached hydrogens (tertiary/aromatic N) is 1. The van der Waals surface area contributed by atoms with E-state index in [0.29, 0.717) is 10.2 Å². The van der Waals surface area contributed by atoms with E-state index in [1.54, 1.807) is 7.11 Å². The number of rotatable bonds is 4. The van der Waals surface area contributed by atoms with Crippen LogP contribution in [0.5, 0.6) is 0 Å². The van der Waals surface area contributed by atoms with Crippen molar-refractivity contribution in [1.29, 1.82) is 0 Å². The van der Waals surface area contributed by atoms with Gasteiger partial charge in [0.25, 0.3) is 5.56 Å². The molecule has 0 aliphatic carbocycles. The third kappa shape index (κ3) is 3.28. The molecular weight excluding hydrogens is 303 g/mol. The third-order valence-corrected chi connectivity index (χ3v) is 3.61. The number of thioether (sulfide) groups is 1. The molecule has 0 aliphatic rings. The van der Waals surface area contributed by atoms with E-state index in [0.717, 1.165) is 10.8 Å². The Hall–Kier alpha value is -0.0800. The third-order valence-electron chi connectivity index (χ3n) is 1.29. The lowest BCUT2D eigenvalue weighted by atomic mass is 10.7. The van der Waals surface area contributed by atoms with Gasteiger partial charge in [-0.25, -0.2) is 4.98 Å². The molecule has 0 saturated heterocycles. The van der Waals surface area contributed by atoms with Gasteiger partial charge in [-0.15, -0.1) is 11.8 Å². The molecule has 0 unspecified atom stereocenters. The van der Waals surface area contributed by atoms with E-state index in [-0.39, 0.29) is 5.56 Å². The fourth-order valence-corrected chi connectivity index (χ4v) is 2.24. The lowest BCUT2D eigenvalue weighted by Gasteiger charge is -2.00. The van der Waals surface area contributed by atoms with Gasteiger partial charge in [0.2, 0.25) is 0 Å². The molecule has 0 aliphatic heterocycles. The molecule has 1 aromatic heterocycles. The number of H-pyrrole nitrogens is 1. The van der Waals surface area contributed by atoms with Crippen LogP contribution >= 0.6 is 34.4 Å². The molecule has 0 amide bonds. The molecule has 4 nitrogen and oxygen atoms in total. The summed E-state index contributed by atoms with van der Waals surface area (Å²) in [7, 11) is 1.65. The number of hydrogen-bond acceptors (Lipinski definition) is 4. The molecule has 13 heavy (non-hydrogen) atoms. The van der Waals surface area contributed by atoms with E-state index in [1.807, 2.05) is 22.6 Å². The summed E-state index contributed by atoms with van der Waals surface area (Å²) < 4.78 is 5.54. The summed E-state index contributed by atoms with van der Waals surface area (Å²) in [6.07, 6.45) is 1.42. The topological polar surface area (TPSA) is 55.0 Å². The fourth-order valence-electron chi connectivity index (χ4n) is 0.689. The van der Waals surface area contributed by atoms with Gasteiger partial charge in [-0.05, 0) is 22.6 Å². The summed E-state index contributed by atoms with van der Waals surface area (Å²) in [4.78, 5) is 17.7. The first kappa shape index (κ1) is 11.0. The van der Waals surface area contributed by atoms with E-state index in [1.165, 1.54) is 18.1 Å². The van der Waals surface area contributed by atoms with Crippen molar-refractivity contribution in [2.24, 2.45) is 0 Å². The SMILES string of the molecule is COCCSc1nc[nH]c(=O)c1I. The van der Waals surface area contributed by atoms with Gasteiger partial charge >= 0.3 is 0 Å². The zero-order valence-corrected chi connectivity index (χ0v) is 10.0. The monoisotopic (exact) mass is 312 g/mol. The van der Waals surface area contributed by atoms with Crippen LogP contribution in [-0.2, 0) is 4.74 Å². The maximum Gasteiger partial charge on any atom is 0.265 e. The van der Waals surface area contributed by atoms with Gasteiger partial charge in [-0.1, -0.05) is 0 Å². The minimum absolute atomic E-state index is 0.0875. The van der Waals surface area contributed by atoms with Crippen molar-refractivity contribution in [3.05, 3.63) is 20.3 Å². The Labute approximate surface area is 93.6 Å². The average Bonchev–Trinajstić information content (AvgIpc) is 2.13. The lowest BCUT2D eigenvalue weighted by Crippen LogP contribution is -2.11. The van der Waals surface area contributed by atoms with Gasteiger partial charge in [0.15, 0.2) is 0 Å². The number of methoxy groups -OCH3 is 1. The number of aromatic nitrogens is 2. The first-order chi connectivity index (χ1) is 6.25. The van der Waals surface area contributed by atoms with Crippen molar-refractivity contribution in [2.45, 2.75) is 5.03 Å². The minimum Gasteiger partial charge on any atom is -0.384 e. The maximum atomic E-state index is 11.1. The second kappa shape index (κ2) is 5.61. The summed E-state index contributed by atoms with van der Waals surface area (Å²) in [5, 5.41) is 0.765. The lowest BCUT2D eigenvalue weighted by molar-refractivity contribution is 0.218. The van der Waals surface area contributed by atoms with Crippen molar-refractivity contribution in [3.63, 3.8) is 0 Å². The normalized spacial score (nSPS) is 10.3. The Kier molecular flexibility index (Phi) is 4.74. The summed E-state index contributed by atoms with van der Waals surface area (Å²) in [6.45, 7) is 0.662. The van der Waals surface area contributed by atoms with E-state index in [2.05, 4.69) is 9.97 Å². The van der Waals surface area contributed by atoms with Gasteiger partial charge in [-0.3, -0.25) is 4.79 Å². The average molecular weight is 312 g/mol. The molecule has 0 saturated carbocycles. The molecule has 0 radical (unpaired) electrons. The van der Waals surface area contributed by atoms with Crippen LogP contribution in [0.15, 0.2) is 16.1 Å². The van der Waals surface area contributed by atoms with Crippen LogP contribution in [0.25, 0.3) is 0 Å². The number of hydrogen-bond donors (Lipinski definition) is 1. The van der Waals surface area contributed by atoms with Crippen LogP contribution in [0.1, 0.15) is 0 Å². The van der Waals surface area contributed by atoms with Gasteiger partial charge in [-0.2, -0.15) is 0 Å². The standard InChI is InChI=1S/C7H9IN2O2S/c1-12-2-3-13-7-5(8)6(11)9-4-10-7/h4H,2-3H2,1H3,(H,9,10,11). The van der Waals surface area contributed by atoms with Crippen LogP contribution in [0.3, 0.4) is 0 Å². The molecular formula is C7H9IN2O2S. The molecule has 6 heteroatoms. The van der Waals surface area contributed by atoms with Crippen LogP contribution in [0, 0.1) is 3.57 Å². The van der Waals surface area contributed by atoms with Crippen LogP contribution in [-0.4, -0.2) is 29.4 Å². The summed E-state index contributed by atoms with van der Waals surface area (Å²) in [5.41, 5.74) is -0.0875. The predicted molar refractivity (Wildman–Crippen MR) is 60.2 cm³/mol. The van der Waals surface area contributed by atoms with Crippen molar-refractivity contribution in [1.82, 2.24) is 9.97 Å². The van der Waals surface area contributed by atoms with E-state index >= 15 is 0 Å². The molecule has 0 fully saturated rings. The Balaban J connectivity index is 2.66. The summed E-state index contributed by atoms with van der Waals surface area (Å²) in [5.74, 6) is 0.808. The Morgan fingerprint density at radius 2 is 2.54 bits per heavy atom. The van der Waals surface area contributed by atoms with Crippen molar-refractivity contribution < 1.29 is 4.74 Å². The smallest absolute Gasteiger partial charge is 0.265 e. The van der Waals surface area contributed by atoms with Crippen molar-refractivity contribution >= 4 is 34.4 Å². The van der Waals surface area contributed by atoms with E-state index in [9.17, 15) is 4.79 Å². The van der Waals surface area contributed by atoms with Crippen LogP contribution < -0.4 is 5.56 Å². The Bertz CT molecular complexity index is 329. The van der Waals surface area contributed by atoms with Crippen molar-refractivity contribution in [2.75, 3.05) is 19.5 Å². The largest absolute Gasteiger partial charge is 0.384 e. The molecule has 0 aromatic carbocycles. The number of halogens is 1. The molecule has 1 aromatic rings. The zero-order valence-electron chi connectivity index (χ0n) is 7.04. The highest BCUT2D eigenvalue weighted by Gasteiger charge is 2.04. The maximum absolute atomic E-state index is 11.1. The fraction of sp³-hybridized carbons (Fsp3) is 0.429. The molecule has 72 valence electrons. The highest BCUT2D eigenvalue weighted by atomic mass is 127. The van der Waals surface area contributed by atoms with Crippen LogP contribution in [0.2, 0.25) is 0 Å². The molecule has 0 spiro atoms. The van der Waals surface area contributed by atoms with Gasteiger partial charge < -0.3 is 9.72 Å². The zero-order chi connectivity index (χ0) is 9.68. The molecule has 1 N–H and O–H groups in total. The highest BCUT2D eigenvalue weighted by Crippen LogP contribution is 2.17. The second-order valence-corrected chi connectivity index (χ2v) is 4.35. The van der Waals surface area contributed by atoms with Gasteiger partial charge in [0, 0.05) is 12.9 Å². The molecule has 0 atom stereocenters. The molecule has 1 rings (SSSR count). The van der Waals surface area contributed by atoms with E-state index < -0.39 is 0 Å². The first-order valence-electron chi connectivity index (χ1n) is 3.60. The minimum atomic E-state index is -0.0875. The predicted octanol–water partition coefficient (Wildman–Crippen LogP) is 1.11. The van der Waals surface area contributed by atoms with Crippen molar-refractivity contribution in [3.8, 4) is 0 Å². The van der Waals surface area contributed by atoms with E-state index in [4.69, 9.17) is 4.74 Å². The Morgan fingerprint density at radius 3 is 3.23 bits per heavy atom. The number of aromatic amines is 1. The highest BCUT2D eigenvalue weighted by molar-refractivity contribution is 14.1. The number of nitrogens with one attached hydrogen (secondary N) is 1. The molecule has 0 bridgehead atoms. The van der Waals surface area contributed by atoms with Gasteiger partial charge in [0.1, 0.15) is 8.60 Å².